The molecular weight excluding hydrogens is 118 g/mol. The van der Waals surface area contributed by atoms with Crippen LogP contribution in [0.5, 0.6) is 0 Å². The number of rotatable bonds is 3. The lowest BCUT2D eigenvalue weighted by Crippen LogP contribution is -2.10. The van der Waals surface area contributed by atoms with E-state index in [1.54, 1.807) is 19.1 Å². The monoisotopic (exact) mass is 129 g/mol. The highest BCUT2D eigenvalue weighted by Crippen LogP contribution is 1.90. The summed E-state index contributed by atoms with van der Waals surface area (Å²) >= 11 is 0. The Morgan fingerprint density at radius 3 is 2.67 bits per heavy atom. The third-order valence-electron chi connectivity index (χ3n) is 0.983. The Morgan fingerprint density at radius 2 is 2.33 bits per heavy atom. The SMILES string of the molecule is CC/C=C\C(C)[N+](=O)[O-]. The lowest BCUT2D eigenvalue weighted by atomic mass is 10.3. The maximum absolute atomic E-state index is 9.96. The fourth-order valence-electron chi connectivity index (χ4n) is 0.403. The van der Waals surface area contributed by atoms with Gasteiger partial charge in [-0.3, -0.25) is 10.1 Å². The first-order valence-corrected chi connectivity index (χ1v) is 2.98. The number of hydrogen-bond acceptors (Lipinski definition) is 2. The Kier molecular flexibility index (Phi) is 3.67. The average molecular weight is 129 g/mol. The molecule has 0 saturated heterocycles. The molecule has 3 heteroatoms. The Hall–Kier alpha value is -0.860. The minimum Gasteiger partial charge on any atom is -0.264 e. The molecule has 0 bridgehead atoms. The topological polar surface area (TPSA) is 43.1 Å². The number of nitrogens with zero attached hydrogens (tertiary/aromatic N) is 1. The first kappa shape index (κ1) is 8.14. The second-order valence-electron chi connectivity index (χ2n) is 1.86. The van der Waals surface area contributed by atoms with Gasteiger partial charge < -0.3 is 0 Å². The summed E-state index contributed by atoms with van der Waals surface area (Å²) in [5.74, 6) is 0. The van der Waals surface area contributed by atoms with Crippen molar-refractivity contribution in [2.45, 2.75) is 26.3 Å². The van der Waals surface area contributed by atoms with E-state index in [4.69, 9.17) is 0 Å². The van der Waals surface area contributed by atoms with Gasteiger partial charge in [-0.25, -0.2) is 0 Å². The van der Waals surface area contributed by atoms with Gasteiger partial charge in [0.15, 0.2) is 0 Å². The van der Waals surface area contributed by atoms with Crippen molar-refractivity contribution < 1.29 is 4.92 Å². The summed E-state index contributed by atoms with van der Waals surface area (Å²) in [5, 5.41) is 9.96. The van der Waals surface area contributed by atoms with Gasteiger partial charge in [0.25, 0.3) is 0 Å². The molecule has 0 rings (SSSR count). The lowest BCUT2D eigenvalue weighted by Gasteiger charge is -1.93. The van der Waals surface area contributed by atoms with E-state index in [9.17, 15) is 10.1 Å². The van der Waals surface area contributed by atoms with Gasteiger partial charge in [0.05, 0.1) is 0 Å². The predicted octanol–water partition coefficient (Wildman–Crippen LogP) is 1.62. The van der Waals surface area contributed by atoms with Gasteiger partial charge >= 0.3 is 0 Å². The van der Waals surface area contributed by atoms with Crippen LogP contribution in [0.4, 0.5) is 0 Å². The van der Waals surface area contributed by atoms with Crippen LogP contribution in [0, 0.1) is 10.1 Å². The normalized spacial score (nSPS) is 14.0. The van der Waals surface area contributed by atoms with E-state index < -0.39 is 6.04 Å². The molecule has 0 amide bonds. The zero-order valence-electron chi connectivity index (χ0n) is 5.70. The van der Waals surface area contributed by atoms with Crippen molar-refractivity contribution in [1.29, 1.82) is 0 Å². The van der Waals surface area contributed by atoms with Gasteiger partial charge in [0.2, 0.25) is 6.04 Å². The molecule has 3 nitrogen and oxygen atoms in total. The first-order valence-electron chi connectivity index (χ1n) is 2.98. The van der Waals surface area contributed by atoms with Crippen LogP contribution in [0.2, 0.25) is 0 Å². The largest absolute Gasteiger partial charge is 0.264 e. The van der Waals surface area contributed by atoms with Crippen molar-refractivity contribution in [3.63, 3.8) is 0 Å². The summed E-state index contributed by atoms with van der Waals surface area (Å²) in [7, 11) is 0. The molecule has 0 fully saturated rings. The van der Waals surface area contributed by atoms with Crippen molar-refractivity contribution in [3.8, 4) is 0 Å². The van der Waals surface area contributed by atoms with Crippen LogP contribution in [-0.2, 0) is 0 Å². The van der Waals surface area contributed by atoms with Gasteiger partial charge in [-0.1, -0.05) is 13.0 Å². The minimum absolute atomic E-state index is 0.313. The van der Waals surface area contributed by atoms with Crippen LogP contribution < -0.4 is 0 Å². The molecule has 0 aliphatic carbocycles. The zero-order valence-corrected chi connectivity index (χ0v) is 5.70. The third kappa shape index (κ3) is 3.70. The number of allylic oxidation sites excluding steroid dienone is 1. The highest BCUT2D eigenvalue weighted by atomic mass is 16.6. The van der Waals surface area contributed by atoms with Crippen LogP contribution in [0.15, 0.2) is 12.2 Å². The van der Waals surface area contributed by atoms with E-state index in [2.05, 4.69) is 0 Å². The van der Waals surface area contributed by atoms with Crippen molar-refractivity contribution in [2.75, 3.05) is 0 Å². The summed E-state index contributed by atoms with van der Waals surface area (Å²) < 4.78 is 0. The molecule has 0 N–H and O–H groups in total. The standard InChI is InChI=1S/C6H11NO2/c1-3-4-5-6(2)7(8)9/h4-6H,3H2,1-2H3/b5-4-. The molecule has 0 spiro atoms. The molecule has 1 atom stereocenters. The van der Waals surface area contributed by atoms with Gasteiger partial charge in [0.1, 0.15) is 0 Å². The smallest absolute Gasteiger partial charge is 0.228 e. The molecule has 0 aliphatic heterocycles. The Morgan fingerprint density at radius 1 is 1.78 bits per heavy atom. The van der Waals surface area contributed by atoms with Gasteiger partial charge in [-0.15, -0.1) is 0 Å². The molecule has 0 heterocycles. The molecule has 0 aromatic carbocycles. The van der Waals surface area contributed by atoms with Gasteiger partial charge in [-0.2, -0.15) is 0 Å². The second kappa shape index (κ2) is 4.06. The highest BCUT2D eigenvalue weighted by Gasteiger charge is 2.04. The Bertz CT molecular complexity index is 120. The fourth-order valence-corrected chi connectivity index (χ4v) is 0.403. The van der Waals surface area contributed by atoms with Crippen LogP contribution in [0.25, 0.3) is 0 Å². The number of nitro groups is 1. The van der Waals surface area contributed by atoms with Crippen LogP contribution in [0.3, 0.4) is 0 Å². The Balaban J connectivity index is 3.62. The molecule has 9 heavy (non-hydrogen) atoms. The summed E-state index contributed by atoms with van der Waals surface area (Å²) in [6.45, 7) is 3.51. The Labute approximate surface area is 54.5 Å². The lowest BCUT2D eigenvalue weighted by molar-refractivity contribution is -0.504. The molecule has 1 unspecified atom stereocenters. The van der Waals surface area contributed by atoms with E-state index in [0.717, 1.165) is 6.42 Å². The quantitative estimate of drug-likeness (QED) is 0.330. The van der Waals surface area contributed by atoms with Crippen LogP contribution >= 0.6 is 0 Å². The minimum atomic E-state index is -0.537. The van der Waals surface area contributed by atoms with Crippen LogP contribution in [0.1, 0.15) is 20.3 Å². The molecule has 0 saturated carbocycles. The van der Waals surface area contributed by atoms with E-state index in [1.807, 2.05) is 6.92 Å². The third-order valence-corrected chi connectivity index (χ3v) is 0.983. The number of hydrogen-bond donors (Lipinski definition) is 0. The van der Waals surface area contributed by atoms with Crippen molar-refractivity contribution in [3.05, 3.63) is 22.3 Å². The maximum atomic E-state index is 9.96. The first-order chi connectivity index (χ1) is 4.18. The van der Waals surface area contributed by atoms with Gasteiger partial charge in [-0.05, 0) is 12.5 Å². The van der Waals surface area contributed by atoms with Crippen molar-refractivity contribution in [2.24, 2.45) is 0 Å². The summed E-state index contributed by atoms with van der Waals surface area (Å²) in [4.78, 5) is 9.65. The second-order valence-corrected chi connectivity index (χ2v) is 1.86. The summed E-state index contributed by atoms with van der Waals surface area (Å²) in [6, 6.07) is -0.537. The van der Waals surface area contributed by atoms with E-state index in [-0.39, 0.29) is 4.92 Å². The molecule has 0 aromatic rings. The molecule has 52 valence electrons. The van der Waals surface area contributed by atoms with Crippen molar-refractivity contribution >= 4 is 0 Å². The van der Waals surface area contributed by atoms with Crippen molar-refractivity contribution in [1.82, 2.24) is 0 Å². The van der Waals surface area contributed by atoms with Gasteiger partial charge in [0, 0.05) is 11.8 Å². The average Bonchev–Trinajstić information content (AvgIpc) is 1.82. The van der Waals surface area contributed by atoms with E-state index >= 15 is 0 Å². The molecule has 0 aromatic heterocycles. The molecule has 0 radical (unpaired) electrons. The highest BCUT2D eigenvalue weighted by molar-refractivity contribution is 4.85. The fraction of sp³-hybridized carbons (Fsp3) is 0.667. The molecule has 0 aliphatic rings. The molecular formula is C6H11NO2. The van der Waals surface area contributed by atoms with Crippen LogP contribution in [-0.4, -0.2) is 11.0 Å². The summed E-state index contributed by atoms with van der Waals surface area (Å²) in [6.07, 6.45) is 4.26. The summed E-state index contributed by atoms with van der Waals surface area (Å²) in [5.41, 5.74) is 0. The van der Waals surface area contributed by atoms with E-state index in [0.29, 0.717) is 0 Å². The van der Waals surface area contributed by atoms with E-state index in [1.165, 1.54) is 0 Å². The maximum Gasteiger partial charge on any atom is 0.228 e. The predicted molar refractivity (Wildman–Crippen MR) is 35.9 cm³/mol. The zero-order chi connectivity index (χ0) is 7.28.